The monoisotopic (exact) mass is 344 g/mol. The van der Waals surface area contributed by atoms with Crippen LogP contribution in [0.25, 0.3) is 16.9 Å². The fraction of sp³-hybridized carbons (Fsp3) is 0.0625. The smallest absolute Gasteiger partial charge is 0.172 e. The maximum Gasteiger partial charge on any atom is 0.172 e. The zero-order valence-electron chi connectivity index (χ0n) is 11.0. The van der Waals surface area contributed by atoms with Crippen LogP contribution in [-0.2, 0) is 0 Å². The molecule has 2 aromatic carbocycles. The molecule has 0 spiro atoms. The van der Waals surface area contributed by atoms with Crippen LogP contribution in [0, 0.1) is 0 Å². The van der Waals surface area contributed by atoms with Gasteiger partial charge in [0.15, 0.2) is 5.16 Å². The van der Waals surface area contributed by atoms with Gasteiger partial charge in [0.2, 0.25) is 0 Å². The summed E-state index contributed by atoms with van der Waals surface area (Å²) in [6.07, 6.45) is 3.98. The van der Waals surface area contributed by atoms with E-state index >= 15 is 0 Å². The Balaban J connectivity index is 2.17. The predicted molar refractivity (Wildman–Crippen MR) is 88.5 cm³/mol. The van der Waals surface area contributed by atoms with Crippen molar-refractivity contribution in [3.8, 4) is 16.9 Å². The average molecular weight is 345 g/mol. The summed E-state index contributed by atoms with van der Waals surface area (Å²) < 4.78 is 3.27. The highest BCUT2D eigenvalue weighted by Crippen LogP contribution is 2.29. The first kappa shape index (κ1) is 13.5. The number of para-hydroxylation sites is 1. The number of hydrogen-bond donors (Lipinski definition) is 0. The normalized spacial score (nSPS) is 10.7. The minimum atomic E-state index is 0.995. The first-order chi connectivity index (χ1) is 9.79. The number of nitrogens with zero attached hydrogens (tertiary/aromatic N) is 2. The van der Waals surface area contributed by atoms with Gasteiger partial charge in [-0.1, -0.05) is 58.0 Å². The highest BCUT2D eigenvalue weighted by atomic mass is 79.9. The number of imidazole rings is 1. The van der Waals surface area contributed by atoms with Gasteiger partial charge in [-0.05, 0) is 30.5 Å². The lowest BCUT2D eigenvalue weighted by molar-refractivity contribution is 0.903. The van der Waals surface area contributed by atoms with Gasteiger partial charge in [0.1, 0.15) is 0 Å². The lowest BCUT2D eigenvalue weighted by Crippen LogP contribution is -1.98. The molecule has 2 nitrogen and oxygen atoms in total. The minimum absolute atomic E-state index is 0.995. The largest absolute Gasteiger partial charge is 0.287 e. The zero-order valence-corrected chi connectivity index (χ0v) is 13.4. The van der Waals surface area contributed by atoms with Crippen molar-refractivity contribution in [1.82, 2.24) is 9.55 Å². The van der Waals surface area contributed by atoms with Crippen LogP contribution in [0.4, 0.5) is 0 Å². The third-order valence-corrected chi connectivity index (χ3v) is 4.25. The molecule has 100 valence electrons. The number of rotatable bonds is 3. The van der Waals surface area contributed by atoms with Crippen molar-refractivity contribution < 1.29 is 0 Å². The minimum Gasteiger partial charge on any atom is -0.287 e. The predicted octanol–water partition coefficient (Wildman–Crippen LogP) is 5.02. The first-order valence-corrected chi connectivity index (χ1v) is 8.24. The summed E-state index contributed by atoms with van der Waals surface area (Å²) in [5.74, 6) is 0. The van der Waals surface area contributed by atoms with Gasteiger partial charge in [0.25, 0.3) is 0 Å². The van der Waals surface area contributed by atoms with E-state index in [2.05, 4.69) is 61.9 Å². The number of aromatic nitrogens is 2. The molecule has 3 rings (SSSR count). The van der Waals surface area contributed by atoms with E-state index < -0.39 is 0 Å². The van der Waals surface area contributed by atoms with Crippen LogP contribution in [0.3, 0.4) is 0 Å². The van der Waals surface area contributed by atoms with E-state index in [9.17, 15) is 0 Å². The maximum absolute atomic E-state index is 4.52. The van der Waals surface area contributed by atoms with Crippen LogP contribution in [0.2, 0.25) is 0 Å². The third-order valence-electron chi connectivity index (χ3n) is 3.07. The van der Waals surface area contributed by atoms with Gasteiger partial charge in [0.05, 0.1) is 11.9 Å². The first-order valence-electron chi connectivity index (χ1n) is 6.22. The molecule has 1 aromatic heterocycles. The van der Waals surface area contributed by atoms with Crippen molar-refractivity contribution in [2.75, 3.05) is 6.26 Å². The Morgan fingerprint density at radius 1 is 1.00 bits per heavy atom. The Labute approximate surface area is 131 Å². The van der Waals surface area contributed by atoms with Crippen LogP contribution >= 0.6 is 27.7 Å². The molecular formula is C16H13BrN2S. The molecule has 4 heteroatoms. The number of thioether (sulfide) groups is 1. The summed E-state index contributed by atoms with van der Waals surface area (Å²) in [6, 6.07) is 18.6. The van der Waals surface area contributed by atoms with Crippen molar-refractivity contribution in [3.63, 3.8) is 0 Å². The molecule has 0 aliphatic heterocycles. The van der Waals surface area contributed by atoms with E-state index in [1.54, 1.807) is 11.8 Å². The van der Waals surface area contributed by atoms with Crippen molar-refractivity contribution in [1.29, 1.82) is 0 Å². The molecular weight excluding hydrogens is 332 g/mol. The van der Waals surface area contributed by atoms with Crippen LogP contribution in [-0.4, -0.2) is 15.8 Å². The molecule has 0 saturated carbocycles. The van der Waals surface area contributed by atoms with Gasteiger partial charge in [-0.25, -0.2) is 4.98 Å². The highest BCUT2D eigenvalue weighted by Gasteiger charge is 2.12. The summed E-state index contributed by atoms with van der Waals surface area (Å²) in [5.41, 5.74) is 3.39. The third kappa shape index (κ3) is 2.53. The van der Waals surface area contributed by atoms with Crippen LogP contribution < -0.4 is 0 Å². The van der Waals surface area contributed by atoms with E-state index in [1.807, 2.05) is 30.7 Å². The van der Waals surface area contributed by atoms with Crippen LogP contribution in [0.1, 0.15) is 0 Å². The average Bonchev–Trinajstić information content (AvgIpc) is 2.93. The molecule has 20 heavy (non-hydrogen) atoms. The van der Waals surface area contributed by atoms with Gasteiger partial charge >= 0.3 is 0 Å². The van der Waals surface area contributed by atoms with Gasteiger partial charge in [-0.3, -0.25) is 4.57 Å². The second-order valence-electron chi connectivity index (χ2n) is 4.31. The molecule has 0 atom stereocenters. The molecule has 0 saturated heterocycles. The standard InChI is InChI=1S/C16H13BrN2S/c1-20-16-18-11-15(12-7-9-13(17)10-8-12)19(16)14-5-3-2-4-6-14/h2-11H,1H3. The second kappa shape index (κ2) is 5.85. The van der Waals surface area contributed by atoms with E-state index in [-0.39, 0.29) is 0 Å². The quantitative estimate of drug-likeness (QED) is 0.620. The van der Waals surface area contributed by atoms with E-state index in [0.717, 1.165) is 26.6 Å². The van der Waals surface area contributed by atoms with Crippen LogP contribution in [0.15, 0.2) is 70.4 Å². The molecule has 0 radical (unpaired) electrons. The van der Waals surface area contributed by atoms with Gasteiger partial charge in [-0.15, -0.1) is 0 Å². The van der Waals surface area contributed by atoms with E-state index in [0.29, 0.717) is 0 Å². The molecule has 0 aliphatic carbocycles. The summed E-state index contributed by atoms with van der Waals surface area (Å²) in [7, 11) is 0. The van der Waals surface area contributed by atoms with E-state index in [4.69, 9.17) is 0 Å². The Bertz CT molecular complexity index is 705. The topological polar surface area (TPSA) is 17.8 Å². The molecule has 0 bridgehead atoms. The SMILES string of the molecule is CSc1ncc(-c2ccc(Br)cc2)n1-c1ccccc1. The molecule has 3 aromatic rings. The molecule has 0 aliphatic rings. The second-order valence-corrected chi connectivity index (χ2v) is 6.00. The van der Waals surface area contributed by atoms with E-state index in [1.165, 1.54) is 0 Å². The fourth-order valence-corrected chi connectivity index (χ4v) is 2.94. The van der Waals surface area contributed by atoms with Crippen molar-refractivity contribution in [3.05, 3.63) is 65.3 Å². The molecule has 0 fully saturated rings. The summed E-state index contributed by atoms with van der Waals surface area (Å²) in [6.45, 7) is 0. The van der Waals surface area contributed by atoms with Gasteiger partial charge in [0, 0.05) is 15.7 Å². The highest BCUT2D eigenvalue weighted by molar-refractivity contribution is 9.10. The Kier molecular flexibility index (Phi) is 3.94. The van der Waals surface area contributed by atoms with Crippen LogP contribution in [0.5, 0.6) is 0 Å². The fourth-order valence-electron chi connectivity index (χ4n) is 2.13. The Morgan fingerprint density at radius 3 is 2.35 bits per heavy atom. The lowest BCUT2D eigenvalue weighted by Gasteiger charge is -2.11. The molecule has 0 amide bonds. The van der Waals surface area contributed by atoms with Crippen molar-refractivity contribution >= 4 is 27.7 Å². The lowest BCUT2D eigenvalue weighted by atomic mass is 10.1. The number of halogens is 1. The zero-order chi connectivity index (χ0) is 13.9. The Morgan fingerprint density at radius 2 is 1.70 bits per heavy atom. The maximum atomic E-state index is 4.52. The summed E-state index contributed by atoms with van der Waals surface area (Å²) in [4.78, 5) is 4.52. The van der Waals surface area contributed by atoms with Gasteiger partial charge in [-0.2, -0.15) is 0 Å². The number of hydrogen-bond acceptors (Lipinski definition) is 2. The molecule has 1 heterocycles. The van der Waals surface area contributed by atoms with Gasteiger partial charge < -0.3 is 0 Å². The van der Waals surface area contributed by atoms with Crippen molar-refractivity contribution in [2.45, 2.75) is 5.16 Å². The Hall–Kier alpha value is -1.52. The summed E-state index contributed by atoms with van der Waals surface area (Å²) in [5, 5.41) is 0.995. The van der Waals surface area contributed by atoms with Crippen molar-refractivity contribution in [2.24, 2.45) is 0 Å². The molecule has 0 unspecified atom stereocenters. The molecule has 0 N–H and O–H groups in total. The number of benzene rings is 2. The summed E-state index contributed by atoms with van der Waals surface area (Å²) >= 11 is 5.13.